The molecule has 0 unspecified atom stereocenters. The topological polar surface area (TPSA) is 34.2 Å². The van der Waals surface area contributed by atoms with Crippen molar-refractivity contribution in [2.75, 3.05) is 14.2 Å². The Hall–Kier alpha value is -0.510. The van der Waals surface area contributed by atoms with Crippen LogP contribution < -0.4 is 10.1 Å². The van der Waals surface area contributed by atoms with Crippen molar-refractivity contribution in [2.24, 2.45) is 0 Å². The highest BCUT2D eigenvalue weighted by atomic mass is 35.5. The third-order valence-electron chi connectivity index (χ3n) is 1.47. The van der Waals surface area contributed by atoms with Gasteiger partial charge in [-0.05, 0) is 19.2 Å². The molecule has 0 aromatic carbocycles. The van der Waals surface area contributed by atoms with E-state index in [1.165, 1.54) is 0 Å². The molecule has 0 fully saturated rings. The molecule has 0 aliphatic rings. The third kappa shape index (κ3) is 3.38. The molecule has 0 atom stereocenters. The van der Waals surface area contributed by atoms with Crippen LogP contribution in [0, 0.1) is 0 Å². The molecule has 1 rings (SSSR count). The van der Waals surface area contributed by atoms with Gasteiger partial charge in [0.25, 0.3) is 0 Å². The van der Waals surface area contributed by atoms with Crippen LogP contribution in [-0.4, -0.2) is 19.1 Å². The molecule has 0 saturated heterocycles. The zero-order valence-corrected chi connectivity index (χ0v) is 9.08. The van der Waals surface area contributed by atoms with E-state index in [0.717, 1.165) is 12.1 Å². The van der Waals surface area contributed by atoms with Crippen molar-refractivity contribution >= 4 is 24.0 Å². The predicted molar refractivity (Wildman–Crippen MR) is 55.8 cm³/mol. The number of rotatable bonds is 3. The second-order valence-electron chi connectivity index (χ2n) is 2.33. The smallest absolute Gasteiger partial charge is 0.219 e. The lowest BCUT2D eigenvalue weighted by Crippen LogP contribution is -2.07. The Balaban J connectivity index is 0.00000144. The Bertz CT molecular complexity index is 268. The second-order valence-corrected chi connectivity index (χ2v) is 2.72. The summed E-state index contributed by atoms with van der Waals surface area (Å²) >= 11 is 5.68. The number of pyridine rings is 1. The zero-order chi connectivity index (χ0) is 8.97. The number of hydrogen-bond acceptors (Lipinski definition) is 3. The number of halogens is 2. The molecule has 74 valence electrons. The van der Waals surface area contributed by atoms with Crippen LogP contribution in [0.1, 0.15) is 5.56 Å². The van der Waals surface area contributed by atoms with Gasteiger partial charge in [0.2, 0.25) is 5.88 Å². The van der Waals surface area contributed by atoms with Gasteiger partial charge in [0.05, 0.1) is 7.11 Å². The monoisotopic (exact) mass is 222 g/mol. The SMILES string of the molecule is CNCc1ccc(Cl)nc1OC.Cl. The summed E-state index contributed by atoms with van der Waals surface area (Å²) < 4.78 is 5.04. The maximum Gasteiger partial charge on any atom is 0.219 e. The van der Waals surface area contributed by atoms with E-state index in [9.17, 15) is 0 Å². The van der Waals surface area contributed by atoms with E-state index in [0.29, 0.717) is 11.0 Å². The summed E-state index contributed by atoms with van der Waals surface area (Å²) in [7, 11) is 3.45. The molecule has 5 heteroatoms. The molecular formula is C8H12Cl2N2O. The molecule has 0 spiro atoms. The van der Waals surface area contributed by atoms with Crippen LogP contribution in [0.5, 0.6) is 5.88 Å². The van der Waals surface area contributed by atoms with Crippen LogP contribution in [0.4, 0.5) is 0 Å². The first-order valence-electron chi connectivity index (χ1n) is 3.62. The van der Waals surface area contributed by atoms with Crippen LogP contribution in [0.25, 0.3) is 0 Å². The quantitative estimate of drug-likeness (QED) is 0.794. The lowest BCUT2D eigenvalue weighted by atomic mass is 10.3. The van der Waals surface area contributed by atoms with Gasteiger partial charge in [-0.1, -0.05) is 11.6 Å². The van der Waals surface area contributed by atoms with Crippen molar-refractivity contribution in [3.05, 3.63) is 22.8 Å². The lowest BCUT2D eigenvalue weighted by molar-refractivity contribution is 0.391. The average molecular weight is 223 g/mol. The van der Waals surface area contributed by atoms with Gasteiger partial charge >= 0.3 is 0 Å². The average Bonchev–Trinajstić information content (AvgIpc) is 2.08. The number of nitrogens with one attached hydrogen (secondary N) is 1. The van der Waals surface area contributed by atoms with Gasteiger partial charge in [0, 0.05) is 12.1 Å². The standard InChI is InChI=1S/C8H11ClN2O.ClH/c1-10-5-6-3-4-7(9)11-8(6)12-2;/h3-4,10H,5H2,1-2H3;1H. The summed E-state index contributed by atoms with van der Waals surface area (Å²) in [4.78, 5) is 4.01. The maximum absolute atomic E-state index is 5.68. The molecule has 3 nitrogen and oxygen atoms in total. The summed E-state index contributed by atoms with van der Waals surface area (Å²) in [5.41, 5.74) is 1.00. The maximum atomic E-state index is 5.68. The molecule has 0 aliphatic heterocycles. The van der Waals surface area contributed by atoms with E-state index in [4.69, 9.17) is 16.3 Å². The highest BCUT2D eigenvalue weighted by Gasteiger charge is 2.03. The first-order valence-corrected chi connectivity index (χ1v) is 3.99. The Kier molecular flexibility index (Phi) is 5.79. The molecule has 1 aromatic heterocycles. The van der Waals surface area contributed by atoms with E-state index >= 15 is 0 Å². The van der Waals surface area contributed by atoms with Gasteiger partial charge in [0.1, 0.15) is 5.15 Å². The van der Waals surface area contributed by atoms with Gasteiger partial charge in [0.15, 0.2) is 0 Å². The van der Waals surface area contributed by atoms with E-state index in [2.05, 4.69) is 10.3 Å². The fraction of sp³-hybridized carbons (Fsp3) is 0.375. The van der Waals surface area contributed by atoms with Gasteiger partial charge in [-0.2, -0.15) is 0 Å². The van der Waals surface area contributed by atoms with Crippen LogP contribution in [0.2, 0.25) is 5.15 Å². The highest BCUT2D eigenvalue weighted by molar-refractivity contribution is 6.29. The largest absolute Gasteiger partial charge is 0.481 e. The molecule has 0 aliphatic carbocycles. The highest BCUT2D eigenvalue weighted by Crippen LogP contribution is 2.17. The van der Waals surface area contributed by atoms with Crippen LogP contribution >= 0.6 is 24.0 Å². The summed E-state index contributed by atoms with van der Waals surface area (Å²) in [5, 5.41) is 3.47. The molecule has 1 heterocycles. The molecule has 1 aromatic rings. The first kappa shape index (κ1) is 12.5. The van der Waals surface area contributed by atoms with Gasteiger partial charge in [-0.15, -0.1) is 12.4 Å². The second kappa shape index (κ2) is 6.02. The van der Waals surface area contributed by atoms with Gasteiger partial charge < -0.3 is 10.1 Å². The minimum Gasteiger partial charge on any atom is -0.481 e. The van der Waals surface area contributed by atoms with Crippen LogP contribution in [0.3, 0.4) is 0 Å². The molecule has 0 saturated carbocycles. The Morgan fingerprint density at radius 2 is 2.23 bits per heavy atom. The molecule has 13 heavy (non-hydrogen) atoms. The van der Waals surface area contributed by atoms with Gasteiger partial charge in [-0.3, -0.25) is 0 Å². The van der Waals surface area contributed by atoms with Crippen molar-refractivity contribution in [1.29, 1.82) is 0 Å². The minimum atomic E-state index is 0. The van der Waals surface area contributed by atoms with Gasteiger partial charge in [-0.25, -0.2) is 4.98 Å². The fourth-order valence-electron chi connectivity index (χ4n) is 0.948. The van der Waals surface area contributed by atoms with Crippen molar-refractivity contribution < 1.29 is 4.74 Å². The summed E-state index contributed by atoms with van der Waals surface area (Å²) in [5.74, 6) is 0.580. The van der Waals surface area contributed by atoms with Crippen LogP contribution in [-0.2, 0) is 6.54 Å². The van der Waals surface area contributed by atoms with E-state index < -0.39 is 0 Å². The third-order valence-corrected chi connectivity index (χ3v) is 1.68. The number of ether oxygens (including phenoxy) is 1. The van der Waals surface area contributed by atoms with E-state index in [1.54, 1.807) is 13.2 Å². The van der Waals surface area contributed by atoms with E-state index in [-0.39, 0.29) is 12.4 Å². The lowest BCUT2D eigenvalue weighted by Gasteiger charge is -2.06. The number of methoxy groups -OCH3 is 1. The molecule has 1 N–H and O–H groups in total. The zero-order valence-electron chi connectivity index (χ0n) is 7.50. The van der Waals surface area contributed by atoms with Crippen LogP contribution in [0.15, 0.2) is 12.1 Å². The summed E-state index contributed by atoms with van der Waals surface area (Å²) in [6, 6.07) is 3.64. The summed E-state index contributed by atoms with van der Waals surface area (Å²) in [6.07, 6.45) is 0. The fourth-order valence-corrected chi connectivity index (χ4v) is 1.09. The predicted octanol–water partition coefficient (Wildman–Crippen LogP) is 1.88. The molecule has 0 amide bonds. The molecule has 0 bridgehead atoms. The Morgan fingerprint density at radius 1 is 1.54 bits per heavy atom. The molecule has 0 radical (unpaired) electrons. The number of nitrogens with zero attached hydrogens (tertiary/aromatic N) is 1. The van der Waals surface area contributed by atoms with Crippen molar-refractivity contribution in [3.8, 4) is 5.88 Å². The Morgan fingerprint density at radius 3 is 2.77 bits per heavy atom. The summed E-state index contributed by atoms with van der Waals surface area (Å²) in [6.45, 7) is 0.730. The van der Waals surface area contributed by atoms with E-state index in [1.807, 2.05) is 13.1 Å². The Labute approximate surface area is 88.9 Å². The van der Waals surface area contributed by atoms with Crippen molar-refractivity contribution in [3.63, 3.8) is 0 Å². The normalized spacial score (nSPS) is 9.15. The first-order chi connectivity index (χ1) is 5.77. The number of aromatic nitrogens is 1. The molecular weight excluding hydrogens is 211 g/mol. The minimum absolute atomic E-state index is 0. The van der Waals surface area contributed by atoms with Crippen molar-refractivity contribution in [2.45, 2.75) is 6.54 Å². The van der Waals surface area contributed by atoms with Crippen molar-refractivity contribution in [1.82, 2.24) is 10.3 Å². The number of hydrogen-bond donors (Lipinski definition) is 1.